The highest BCUT2D eigenvalue weighted by Gasteiger charge is 2.76. The van der Waals surface area contributed by atoms with Crippen LogP contribution >= 0.6 is 39.1 Å². The average molecular weight is 698 g/mol. The predicted molar refractivity (Wildman–Crippen MR) is 168 cm³/mol. The first-order chi connectivity index (χ1) is 21.0. The zero-order valence-electron chi connectivity index (χ0n) is 22.9. The Labute approximate surface area is 270 Å². The summed E-state index contributed by atoms with van der Waals surface area (Å²) in [4.78, 5) is 53.9. The number of halogens is 3. The van der Waals surface area contributed by atoms with Crippen molar-refractivity contribution in [2.24, 2.45) is 17.8 Å². The van der Waals surface area contributed by atoms with E-state index >= 15 is 0 Å². The molecule has 0 unspecified atom stereocenters. The number of allylic oxidation sites excluding steroid dienone is 2. The van der Waals surface area contributed by atoms with Gasteiger partial charge in [0.1, 0.15) is 5.75 Å². The number of benzene rings is 3. The van der Waals surface area contributed by atoms with E-state index in [-0.39, 0.29) is 35.2 Å². The van der Waals surface area contributed by atoms with E-state index in [0.29, 0.717) is 16.5 Å². The normalized spacial score (nSPS) is 31.2. The molecule has 7 rings (SSSR count). The standard InChI is InChI=1S/C31H24BBrCl2N2O7/c33-14-36-28(41)30(34)13-21-19(25(31(30,35)29(36)42)24-18-7-2-1-4-15(18)8-11-22(24)38)9-10-20-23(21)27(40)37(26(20)39)17-6-3-5-16(12-17)32(43)44/h1-9,11-12,20-21,23,25,38,43-44H,10,13-14H2/t20-,21+,23-,25+,30+,31-/m0/s1. The summed E-state index contributed by atoms with van der Waals surface area (Å²) in [6.07, 6.45) is 1.76. The van der Waals surface area contributed by atoms with Crippen LogP contribution < -0.4 is 10.4 Å². The van der Waals surface area contributed by atoms with E-state index in [1.165, 1.54) is 30.3 Å². The van der Waals surface area contributed by atoms with Gasteiger partial charge < -0.3 is 15.2 Å². The summed E-state index contributed by atoms with van der Waals surface area (Å²) in [5.41, 5.74) is 1.01. The van der Waals surface area contributed by atoms with Crippen LogP contribution in [0.25, 0.3) is 10.8 Å². The van der Waals surface area contributed by atoms with Gasteiger partial charge in [0, 0.05) is 11.5 Å². The number of phenolic OH excluding ortho intramolecular Hbond substituents is 1. The van der Waals surface area contributed by atoms with Gasteiger partial charge in [-0.15, -0.1) is 23.2 Å². The molecule has 4 aliphatic rings. The van der Waals surface area contributed by atoms with Crippen molar-refractivity contribution in [3.63, 3.8) is 0 Å². The van der Waals surface area contributed by atoms with Crippen LogP contribution in [0.4, 0.5) is 5.69 Å². The van der Waals surface area contributed by atoms with Crippen molar-refractivity contribution in [1.82, 2.24) is 4.90 Å². The summed E-state index contributed by atoms with van der Waals surface area (Å²) in [7, 11) is -1.80. The summed E-state index contributed by atoms with van der Waals surface area (Å²) < 4.78 is 0. The average Bonchev–Trinajstić information content (AvgIpc) is 3.35. The lowest BCUT2D eigenvalue weighted by molar-refractivity contribution is -0.138. The highest BCUT2D eigenvalue weighted by molar-refractivity contribution is 9.09. The fraction of sp³-hybridized carbons (Fsp3) is 0.290. The summed E-state index contributed by atoms with van der Waals surface area (Å²) in [6, 6.07) is 16.4. The van der Waals surface area contributed by atoms with Gasteiger partial charge in [0.2, 0.25) is 11.8 Å². The number of phenols is 1. The molecule has 0 radical (unpaired) electrons. The Bertz CT molecular complexity index is 1840. The van der Waals surface area contributed by atoms with Gasteiger partial charge in [0.15, 0.2) is 9.75 Å². The Morgan fingerprint density at radius 2 is 1.68 bits per heavy atom. The molecule has 224 valence electrons. The second kappa shape index (κ2) is 10.2. The van der Waals surface area contributed by atoms with Gasteiger partial charge in [-0.1, -0.05) is 70.0 Å². The zero-order valence-corrected chi connectivity index (χ0v) is 26.0. The maximum atomic E-state index is 14.2. The first kappa shape index (κ1) is 29.5. The Morgan fingerprint density at radius 1 is 0.932 bits per heavy atom. The van der Waals surface area contributed by atoms with Crippen LogP contribution in [0.1, 0.15) is 24.3 Å². The van der Waals surface area contributed by atoms with E-state index in [9.17, 15) is 34.3 Å². The molecule has 2 aliphatic heterocycles. The fourth-order valence-corrected chi connectivity index (χ4v) is 9.15. The number of fused-ring (bicyclic) bond motifs is 5. The van der Waals surface area contributed by atoms with Gasteiger partial charge in [0.25, 0.3) is 11.8 Å². The van der Waals surface area contributed by atoms with Gasteiger partial charge in [-0.3, -0.25) is 29.0 Å². The summed E-state index contributed by atoms with van der Waals surface area (Å²) in [5.74, 6) is -6.21. The van der Waals surface area contributed by atoms with Crippen molar-refractivity contribution < 1.29 is 34.3 Å². The Hall–Kier alpha value is -3.22. The number of alkyl halides is 3. The lowest BCUT2D eigenvalue weighted by Crippen LogP contribution is -2.60. The summed E-state index contributed by atoms with van der Waals surface area (Å²) >= 11 is 17.8. The monoisotopic (exact) mass is 696 g/mol. The van der Waals surface area contributed by atoms with E-state index in [1.54, 1.807) is 24.3 Å². The maximum Gasteiger partial charge on any atom is 0.488 e. The maximum absolute atomic E-state index is 14.2. The molecule has 44 heavy (non-hydrogen) atoms. The number of hydrogen-bond acceptors (Lipinski definition) is 7. The number of rotatable bonds is 4. The molecule has 0 aromatic heterocycles. The van der Waals surface area contributed by atoms with Crippen LogP contribution in [0.3, 0.4) is 0 Å². The molecule has 2 aliphatic carbocycles. The molecule has 3 N–H and O–H groups in total. The van der Waals surface area contributed by atoms with Crippen molar-refractivity contribution in [1.29, 1.82) is 0 Å². The van der Waals surface area contributed by atoms with E-state index in [4.69, 9.17) is 23.2 Å². The fourth-order valence-electron chi connectivity index (χ4n) is 7.74. The number of hydrogen-bond donors (Lipinski definition) is 3. The number of aromatic hydroxyl groups is 1. The molecule has 3 aromatic rings. The zero-order chi connectivity index (χ0) is 31.3. The number of imide groups is 2. The van der Waals surface area contributed by atoms with Crippen LogP contribution in [0, 0.1) is 17.8 Å². The van der Waals surface area contributed by atoms with E-state index < -0.39 is 64.2 Å². The molecule has 13 heteroatoms. The minimum atomic E-state index is -2.05. The molecule has 0 bridgehead atoms. The number of amides is 4. The number of carbonyl (C=O) groups excluding carboxylic acids is 4. The second-order valence-electron chi connectivity index (χ2n) is 11.7. The third-order valence-electron chi connectivity index (χ3n) is 9.68. The Balaban J connectivity index is 1.43. The molecule has 2 saturated heterocycles. The highest BCUT2D eigenvalue weighted by atomic mass is 79.9. The summed E-state index contributed by atoms with van der Waals surface area (Å²) in [5, 5.41) is 32.1. The lowest BCUT2D eigenvalue weighted by atomic mass is 9.56. The molecule has 6 atom stereocenters. The van der Waals surface area contributed by atoms with Crippen LogP contribution in [-0.4, -0.2) is 66.0 Å². The van der Waals surface area contributed by atoms with E-state index in [1.807, 2.05) is 12.1 Å². The van der Waals surface area contributed by atoms with Crippen LogP contribution in [-0.2, 0) is 19.2 Å². The van der Waals surface area contributed by atoms with E-state index in [0.717, 1.165) is 15.2 Å². The second-order valence-corrected chi connectivity index (χ2v) is 13.4. The molecule has 3 fully saturated rings. The largest absolute Gasteiger partial charge is 0.508 e. The van der Waals surface area contributed by atoms with E-state index in [2.05, 4.69) is 15.9 Å². The van der Waals surface area contributed by atoms with Crippen molar-refractivity contribution in [2.45, 2.75) is 28.5 Å². The smallest absolute Gasteiger partial charge is 0.488 e. The molecule has 1 saturated carbocycles. The van der Waals surface area contributed by atoms with Gasteiger partial charge in [-0.2, -0.15) is 0 Å². The van der Waals surface area contributed by atoms with Crippen molar-refractivity contribution in [2.75, 3.05) is 10.4 Å². The van der Waals surface area contributed by atoms with Gasteiger partial charge >= 0.3 is 7.12 Å². The van der Waals surface area contributed by atoms with Crippen LogP contribution in [0.15, 0.2) is 72.3 Å². The van der Waals surface area contributed by atoms with Gasteiger partial charge in [-0.05, 0) is 53.2 Å². The number of carbonyl (C=O) groups is 4. The first-order valence-corrected chi connectivity index (χ1v) is 15.9. The van der Waals surface area contributed by atoms with Gasteiger partial charge in [0.05, 0.1) is 23.0 Å². The van der Waals surface area contributed by atoms with Crippen LogP contribution in [0.5, 0.6) is 5.75 Å². The lowest BCUT2D eigenvalue weighted by Gasteiger charge is -2.51. The molecule has 9 nitrogen and oxygen atoms in total. The SMILES string of the molecule is O=C1[C@H]2[C@H](CC=C3[C@H]2C[C@@]2(Cl)C(=O)N(CBr)C(=O)[C@@]2(Cl)[C@H]3c2c(O)ccc3ccccc23)C(=O)N1c1cccc(B(O)O)c1. The third kappa shape index (κ3) is 3.73. The predicted octanol–water partition coefficient (Wildman–Crippen LogP) is 3.14. The van der Waals surface area contributed by atoms with Crippen molar-refractivity contribution in [3.05, 3.63) is 77.9 Å². The van der Waals surface area contributed by atoms with Crippen molar-refractivity contribution in [3.8, 4) is 5.75 Å². The number of likely N-dealkylation sites (tertiary alicyclic amines) is 1. The number of nitrogens with zero attached hydrogens (tertiary/aromatic N) is 2. The molecule has 0 spiro atoms. The quantitative estimate of drug-likeness (QED) is 0.125. The Morgan fingerprint density at radius 3 is 2.41 bits per heavy atom. The van der Waals surface area contributed by atoms with Crippen molar-refractivity contribution >= 4 is 91.8 Å². The Kier molecular flexibility index (Phi) is 6.80. The first-order valence-electron chi connectivity index (χ1n) is 14.0. The molecule has 2 heterocycles. The molecular formula is C31H24BBrCl2N2O7. The minimum absolute atomic E-state index is 0.109. The molecule has 4 amide bonds. The summed E-state index contributed by atoms with van der Waals surface area (Å²) in [6.45, 7) is 0. The number of anilines is 1. The van der Waals surface area contributed by atoms with Crippen LogP contribution in [0.2, 0.25) is 0 Å². The molecule has 3 aromatic carbocycles. The minimum Gasteiger partial charge on any atom is -0.508 e. The highest BCUT2D eigenvalue weighted by Crippen LogP contribution is 2.66. The molecular weight excluding hydrogens is 674 g/mol. The topological polar surface area (TPSA) is 135 Å². The third-order valence-corrected chi connectivity index (χ3v) is 11.6. The van der Waals surface area contributed by atoms with Gasteiger partial charge in [-0.25, -0.2) is 0 Å².